The monoisotopic (exact) mass is 458 g/mol. The second-order valence-electron chi connectivity index (χ2n) is 8.46. The molecule has 0 spiro atoms. The molecule has 2 aliphatic heterocycles. The molecule has 1 atom stereocenters. The zero-order chi connectivity index (χ0) is 23.7. The molecule has 172 valence electrons. The molecule has 2 aliphatic rings. The Morgan fingerprint density at radius 2 is 1.39 bits per heavy atom. The number of carbonyl (C=O) groups excluding carboxylic acids is 2. The summed E-state index contributed by atoms with van der Waals surface area (Å²) in [6.07, 6.45) is 3.54. The van der Waals surface area contributed by atoms with Crippen LogP contribution in [0, 0.1) is 29.2 Å². The van der Waals surface area contributed by atoms with Gasteiger partial charge in [0.15, 0.2) is 29.1 Å². The highest BCUT2D eigenvalue weighted by Crippen LogP contribution is 2.26. The molecule has 2 heterocycles. The summed E-state index contributed by atoms with van der Waals surface area (Å²) in [6, 6.07) is 6.55. The zero-order valence-electron chi connectivity index (χ0n) is 18.0. The lowest BCUT2D eigenvalue weighted by Gasteiger charge is -2.32. The molecule has 8 heteroatoms. The average Bonchev–Trinajstić information content (AvgIpc) is 3.21. The number of hydrogen-bond acceptors (Lipinski definition) is 3. The summed E-state index contributed by atoms with van der Waals surface area (Å²) in [7, 11) is 1.93. The number of benzene rings is 2. The minimum Gasteiger partial charge on any atom is -0.333 e. The predicted octanol–water partition coefficient (Wildman–Crippen LogP) is 4.07. The number of rotatable bonds is 3. The van der Waals surface area contributed by atoms with Gasteiger partial charge in [0.05, 0.1) is 5.92 Å². The normalized spacial score (nSPS) is 21.9. The standard InChI is InChI=1S/C25H22F4N2O2/c1-30-7-6-17(12-30)25(33)31-13-18(8-15-2-4-20(26)22(28)10-15)24(32)19(14-31)9-16-3-5-21(27)23(29)11-16/h2-5,8-11,17H,6-7,12-14H2,1H3. The summed E-state index contributed by atoms with van der Waals surface area (Å²) in [5.41, 5.74) is 1.00. The van der Waals surface area contributed by atoms with E-state index in [1.54, 1.807) is 4.90 Å². The van der Waals surface area contributed by atoms with Gasteiger partial charge in [0, 0.05) is 30.8 Å². The van der Waals surface area contributed by atoms with Crippen LogP contribution >= 0.6 is 0 Å². The zero-order valence-corrected chi connectivity index (χ0v) is 18.0. The molecule has 1 unspecified atom stereocenters. The molecule has 4 rings (SSSR count). The molecule has 4 nitrogen and oxygen atoms in total. The molecule has 2 fully saturated rings. The first-order chi connectivity index (χ1) is 15.7. The van der Waals surface area contributed by atoms with E-state index in [2.05, 4.69) is 0 Å². The van der Waals surface area contributed by atoms with Crippen molar-refractivity contribution in [2.24, 2.45) is 5.92 Å². The molecule has 0 saturated carbocycles. The van der Waals surface area contributed by atoms with Gasteiger partial charge in [0.2, 0.25) is 5.91 Å². The van der Waals surface area contributed by atoms with Crippen molar-refractivity contribution < 1.29 is 27.2 Å². The van der Waals surface area contributed by atoms with Crippen LogP contribution in [0.1, 0.15) is 17.5 Å². The molecule has 0 aromatic heterocycles. The third-order valence-corrected chi connectivity index (χ3v) is 5.93. The van der Waals surface area contributed by atoms with Gasteiger partial charge in [-0.3, -0.25) is 9.59 Å². The van der Waals surface area contributed by atoms with Crippen LogP contribution in [0.3, 0.4) is 0 Å². The average molecular weight is 458 g/mol. The van der Waals surface area contributed by atoms with Crippen LogP contribution in [0.2, 0.25) is 0 Å². The number of amides is 1. The van der Waals surface area contributed by atoms with Gasteiger partial charge in [0.1, 0.15) is 0 Å². The highest BCUT2D eigenvalue weighted by molar-refractivity contribution is 6.15. The second-order valence-corrected chi connectivity index (χ2v) is 8.46. The molecular weight excluding hydrogens is 436 g/mol. The van der Waals surface area contributed by atoms with Crippen LogP contribution in [-0.2, 0) is 9.59 Å². The summed E-state index contributed by atoms with van der Waals surface area (Å²) in [4.78, 5) is 29.9. The van der Waals surface area contributed by atoms with Crippen molar-refractivity contribution in [2.45, 2.75) is 6.42 Å². The second kappa shape index (κ2) is 9.31. The Morgan fingerprint density at radius 1 is 0.879 bits per heavy atom. The highest BCUT2D eigenvalue weighted by atomic mass is 19.2. The molecule has 0 bridgehead atoms. The number of likely N-dealkylation sites (tertiary alicyclic amines) is 2. The smallest absolute Gasteiger partial charge is 0.227 e. The lowest BCUT2D eigenvalue weighted by molar-refractivity contribution is -0.135. The maximum atomic E-state index is 13.7. The van der Waals surface area contributed by atoms with E-state index in [9.17, 15) is 27.2 Å². The number of ketones is 1. The number of hydrogen-bond donors (Lipinski definition) is 0. The van der Waals surface area contributed by atoms with Crippen LogP contribution in [0.5, 0.6) is 0 Å². The molecular formula is C25H22F4N2O2. The summed E-state index contributed by atoms with van der Waals surface area (Å²) in [6.45, 7) is 1.43. The number of carbonyl (C=O) groups is 2. The fourth-order valence-corrected chi connectivity index (χ4v) is 4.20. The summed E-state index contributed by atoms with van der Waals surface area (Å²) in [5.74, 6) is -4.82. The van der Waals surface area contributed by atoms with Crippen LogP contribution in [-0.4, -0.2) is 54.7 Å². The minimum absolute atomic E-state index is 0.0198. The fourth-order valence-electron chi connectivity index (χ4n) is 4.20. The molecule has 2 aromatic rings. The van der Waals surface area contributed by atoms with E-state index in [4.69, 9.17) is 0 Å². The van der Waals surface area contributed by atoms with Crippen molar-refractivity contribution in [3.63, 3.8) is 0 Å². The van der Waals surface area contributed by atoms with Crippen LogP contribution in [0.25, 0.3) is 12.2 Å². The quantitative estimate of drug-likeness (QED) is 0.514. The number of piperidine rings is 1. The first-order valence-corrected chi connectivity index (χ1v) is 10.5. The Labute approximate surface area is 188 Å². The predicted molar refractivity (Wildman–Crippen MR) is 116 cm³/mol. The van der Waals surface area contributed by atoms with Gasteiger partial charge in [-0.05, 0) is 67.6 Å². The maximum absolute atomic E-state index is 13.7. The topological polar surface area (TPSA) is 40.6 Å². The van der Waals surface area contributed by atoms with E-state index in [1.807, 2.05) is 11.9 Å². The number of halogens is 4. The van der Waals surface area contributed by atoms with Crippen LogP contribution in [0.15, 0.2) is 47.5 Å². The first kappa shape index (κ1) is 22.9. The number of nitrogens with zero attached hydrogens (tertiary/aromatic N) is 2. The van der Waals surface area contributed by atoms with E-state index in [0.29, 0.717) is 13.0 Å². The van der Waals surface area contributed by atoms with E-state index in [1.165, 1.54) is 24.3 Å². The largest absolute Gasteiger partial charge is 0.333 e. The summed E-state index contributed by atoms with van der Waals surface area (Å²) >= 11 is 0. The van der Waals surface area contributed by atoms with Gasteiger partial charge in [-0.2, -0.15) is 0 Å². The fraction of sp³-hybridized carbons (Fsp3) is 0.280. The lowest BCUT2D eigenvalue weighted by Crippen LogP contribution is -2.44. The van der Waals surface area contributed by atoms with Crippen molar-refractivity contribution in [1.29, 1.82) is 0 Å². The van der Waals surface area contributed by atoms with Gasteiger partial charge in [-0.25, -0.2) is 17.6 Å². The Morgan fingerprint density at radius 3 is 1.82 bits per heavy atom. The molecule has 0 aliphatic carbocycles. The van der Waals surface area contributed by atoms with E-state index < -0.39 is 29.1 Å². The van der Waals surface area contributed by atoms with Crippen molar-refractivity contribution in [3.05, 3.63) is 81.9 Å². The molecule has 33 heavy (non-hydrogen) atoms. The molecule has 0 radical (unpaired) electrons. The van der Waals surface area contributed by atoms with Crippen molar-refractivity contribution >= 4 is 23.8 Å². The Balaban J connectivity index is 1.70. The summed E-state index contributed by atoms with van der Waals surface area (Å²) < 4.78 is 54.0. The van der Waals surface area contributed by atoms with Gasteiger partial charge in [0.25, 0.3) is 0 Å². The SMILES string of the molecule is CN1CCC(C(=O)N2CC(=Cc3ccc(F)c(F)c3)C(=O)C(=Cc3ccc(F)c(F)c3)C2)C1. The Kier molecular flexibility index (Phi) is 6.47. The Bertz CT molecular complexity index is 1100. The molecule has 1 amide bonds. The van der Waals surface area contributed by atoms with Crippen molar-refractivity contribution in [1.82, 2.24) is 9.80 Å². The lowest BCUT2D eigenvalue weighted by atomic mass is 9.93. The first-order valence-electron chi connectivity index (χ1n) is 10.5. The maximum Gasteiger partial charge on any atom is 0.227 e. The summed E-state index contributed by atoms with van der Waals surface area (Å²) in [5, 5.41) is 0. The van der Waals surface area contributed by atoms with E-state index >= 15 is 0 Å². The van der Waals surface area contributed by atoms with Crippen LogP contribution in [0.4, 0.5) is 17.6 Å². The third kappa shape index (κ3) is 5.06. The van der Waals surface area contributed by atoms with Crippen molar-refractivity contribution in [3.8, 4) is 0 Å². The number of Topliss-reactive ketones (excluding diaryl/α,β-unsaturated/α-hetero) is 1. The van der Waals surface area contributed by atoms with Gasteiger partial charge < -0.3 is 9.80 Å². The van der Waals surface area contributed by atoms with Gasteiger partial charge >= 0.3 is 0 Å². The van der Waals surface area contributed by atoms with E-state index in [0.717, 1.165) is 30.8 Å². The van der Waals surface area contributed by atoms with Crippen LogP contribution < -0.4 is 0 Å². The van der Waals surface area contributed by atoms with E-state index in [-0.39, 0.29) is 47.2 Å². The Hall–Kier alpha value is -3.26. The van der Waals surface area contributed by atoms with Gasteiger partial charge in [-0.15, -0.1) is 0 Å². The van der Waals surface area contributed by atoms with Crippen molar-refractivity contribution in [2.75, 3.05) is 33.2 Å². The highest BCUT2D eigenvalue weighted by Gasteiger charge is 2.35. The third-order valence-electron chi connectivity index (χ3n) is 5.93. The molecule has 2 aromatic carbocycles. The minimum atomic E-state index is -1.05. The molecule has 0 N–H and O–H groups in total. The molecule has 2 saturated heterocycles. The van der Waals surface area contributed by atoms with Gasteiger partial charge in [-0.1, -0.05) is 12.1 Å².